The summed E-state index contributed by atoms with van der Waals surface area (Å²) in [6, 6.07) is 6.45. The number of carbonyl (C=O) groups is 1. The van der Waals surface area contributed by atoms with Gasteiger partial charge >= 0.3 is 5.97 Å². The molecule has 1 aliphatic rings. The predicted molar refractivity (Wildman–Crippen MR) is 78.2 cm³/mol. The van der Waals surface area contributed by atoms with E-state index in [2.05, 4.69) is 0 Å². The summed E-state index contributed by atoms with van der Waals surface area (Å²) >= 11 is 1.14. The Bertz CT molecular complexity index is 622. The first kappa shape index (κ1) is 15.3. The minimum absolute atomic E-state index is 0.130. The van der Waals surface area contributed by atoms with Crippen LogP contribution in [0.4, 0.5) is 0 Å². The number of carboxylic acid groups (broad SMARTS) is 1. The highest BCUT2D eigenvalue weighted by Gasteiger charge is 2.50. The average Bonchev–Trinajstić information content (AvgIpc) is 2.66. The molecule has 0 aliphatic carbocycles. The minimum Gasteiger partial charge on any atom is -0.479 e. The molecule has 0 radical (unpaired) electrons. The number of benzene rings is 1. The van der Waals surface area contributed by atoms with E-state index in [4.69, 9.17) is 0 Å². The van der Waals surface area contributed by atoms with Gasteiger partial charge in [0.2, 0.25) is 10.0 Å². The van der Waals surface area contributed by atoms with Crippen molar-refractivity contribution < 1.29 is 18.3 Å². The van der Waals surface area contributed by atoms with Crippen LogP contribution in [-0.2, 0) is 14.8 Å². The maximum Gasteiger partial charge on any atom is 0.332 e. The number of aliphatic carboxylic acids is 1. The zero-order valence-corrected chi connectivity index (χ0v) is 13.2. The Morgan fingerprint density at radius 2 is 1.90 bits per heavy atom. The summed E-state index contributed by atoms with van der Waals surface area (Å²) in [7, 11) is -3.83. The van der Waals surface area contributed by atoms with Crippen LogP contribution in [0.25, 0.3) is 0 Å². The van der Waals surface area contributed by atoms with Crippen molar-refractivity contribution in [1.82, 2.24) is 4.31 Å². The lowest BCUT2D eigenvalue weighted by Crippen LogP contribution is -2.50. The molecule has 1 saturated heterocycles. The standard InChI is InChI=1S/C13H17NO4S2/c1-9-4-6-10(7-5-9)20(17,18)14-11(12(15)16)19-8-13(14,2)3/h4-7,11H,8H2,1-3H3,(H,15,16)/t11-/m0/s1. The number of aryl methyl sites for hydroxylation is 1. The Labute approximate surface area is 123 Å². The van der Waals surface area contributed by atoms with Gasteiger partial charge in [-0.15, -0.1) is 11.8 Å². The van der Waals surface area contributed by atoms with E-state index in [1.165, 1.54) is 12.1 Å². The number of hydrogen-bond acceptors (Lipinski definition) is 4. The molecule has 5 nitrogen and oxygen atoms in total. The van der Waals surface area contributed by atoms with Crippen molar-refractivity contribution >= 4 is 27.8 Å². The summed E-state index contributed by atoms with van der Waals surface area (Å²) in [5.74, 6) is -0.675. The van der Waals surface area contributed by atoms with E-state index in [1.807, 2.05) is 6.92 Å². The Morgan fingerprint density at radius 1 is 1.35 bits per heavy atom. The van der Waals surface area contributed by atoms with Crippen molar-refractivity contribution in [2.45, 2.75) is 36.6 Å². The zero-order valence-electron chi connectivity index (χ0n) is 11.5. The number of carboxylic acids is 1. The van der Waals surface area contributed by atoms with E-state index in [-0.39, 0.29) is 4.90 Å². The lowest BCUT2D eigenvalue weighted by molar-refractivity contribution is -0.139. The van der Waals surface area contributed by atoms with Gasteiger partial charge < -0.3 is 5.11 Å². The third kappa shape index (κ3) is 2.57. The second-order valence-electron chi connectivity index (χ2n) is 5.43. The number of sulfonamides is 1. The van der Waals surface area contributed by atoms with Crippen LogP contribution >= 0.6 is 11.8 Å². The van der Waals surface area contributed by atoms with Gasteiger partial charge in [-0.3, -0.25) is 0 Å². The molecule has 0 saturated carbocycles. The molecule has 0 amide bonds. The van der Waals surface area contributed by atoms with Gasteiger partial charge in [0.05, 0.1) is 4.90 Å². The summed E-state index contributed by atoms with van der Waals surface area (Å²) in [5, 5.41) is 8.17. The van der Waals surface area contributed by atoms with E-state index in [0.717, 1.165) is 21.6 Å². The monoisotopic (exact) mass is 315 g/mol. The van der Waals surface area contributed by atoms with Crippen LogP contribution < -0.4 is 0 Å². The first-order valence-electron chi connectivity index (χ1n) is 6.12. The Hall–Kier alpha value is -1.05. The van der Waals surface area contributed by atoms with Crippen LogP contribution in [0.3, 0.4) is 0 Å². The Morgan fingerprint density at radius 3 is 2.40 bits per heavy atom. The van der Waals surface area contributed by atoms with Gasteiger partial charge in [0.25, 0.3) is 0 Å². The summed E-state index contributed by atoms with van der Waals surface area (Å²) in [6.07, 6.45) is 0. The maximum absolute atomic E-state index is 12.7. The molecular formula is C13H17NO4S2. The highest BCUT2D eigenvalue weighted by atomic mass is 32.2. The molecule has 1 atom stereocenters. The van der Waals surface area contributed by atoms with E-state index in [1.54, 1.807) is 26.0 Å². The fraction of sp³-hybridized carbons (Fsp3) is 0.462. The SMILES string of the molecule is Cc1ccc(S(=O)(=O)N2[C@H](C(=O)O)SCC2(C)C)cc1. The average molecular weight is 315 g/mol. The summed E-state index contributed by atoms with van der Waals surface area (Å²) in [5.41, 5.74) is 0.228. The van der Waals surface area contributed by atoms with Crippen molar-refractivity contribution in [3.63, 3.8) is 0 Å². The zero-order chi connectivity index (χ0) is 15.1. The van der Waals surface area contributed by atoms with Crippen molar-refractivity contribution in [2.75, 3.05) is 5.75 Å². The lowest BCUT2D eigenvalue weighted by Gasteiger charge is -2.31. The van der Waals surface area contributed by atoms with Crippen LogP contribution in [0.2, 0.25) is 0 Å². The normalized spacial score (nSPS) is 22.9. The molecule has 1 N–H and O–H groups in total. The molecule has 1 aliphatic heterocycles. The smallest absolute Gasteiger partial charge is 0.332 e. The number of nitrogens with zero attached hydrogens (tertiary/aromatic N) is 1. The molecule has 7 heteroatoms. The molecule has 2 rings (SSSR count). The van der Waals surface area contributed by atoms with E-state index in [9.17, 15) is 18.3 Å². The molecule has 20 heavy (non-hydrogen) atoms. The van der Waals surface area contributed by atoms with Crippen LogP contribution in [0, 0.1) is 6.92 Å². The van der Waals surface area contributed by atoms with Gasteiger partial charge in [-0.1, -0.05) is 17.7 Å². The molecule has 0 spiro atoms. The van der Waals surface area contributed by atoms with E-state index < -0.39 is 26.9 Å². The van der Waals surface area contributed by atoms with Gasteiger partial charge in [-0.2, -0.15) is 4.31 Å². The Kier molecular flexibility index (Phi) is 3.88. The van der Waals surface area contributed by atoms with Crippen LogP contribution in [0.5, 0.6) is 0 Å². The third-order valence-corrected chi connectivity index (χ3v) is 7.02. The van der Waals surface area contributed by atoms with E-state index in [0.29, 0.717) is 5.75 Å². The first-order chi connectivity index (χ1) is 9.16. The molecule has 0 aromatic heterocycles. The molecule has 1 fully saturated rings. The highest BCUT2D eigenvalue weighted by molar-refractivity contribution is 8.02. The molecular weight excluding hydrogens is 298 g/mol. The van der Waals surface area contributed by atoms with Crippen molar-refractivity contribution in [1.29, 1.82) is 0 Å². The second kappa shape index (κ2) is 5.05. The van der Waals surface area contributed by atoms with Gasteiger partial charge in [0, 0.05) is 11.3 Å². The third-order valence-electron chi connectivity index (χ3n) is 3.19. The van der Waals surface area contributed by atoms with Crippen molar-refractivity contribution in [3.8, 4) is 0 Å². The van der Waals surface area contributed by atoms with Gasteiger partial charge in [-0.25, -0.2) is 13.2 Å². The summed E-state index contributed by atoms with van der Waals surface area (Å²) in [6.45, 7) is 5.36. The molecule has 0 bridgehead atoms. The number of hydrogen-bond donors (Lipinski definition) is 1. The largest absolute Gasteiger partial charge is 0.479 e. The predicted octanol–water partition coefficient (Wildman–Crippen LogP) is 1.92. The van der Waals surface area contributed by atoms with E-state index >= 15 is 0 Å². The molecule has 0 unspecified atom stereocenters. The number of thioether (sulfide) groups is 1. The maximum atomic E-state index is 12.7. The molecule has 1 aromatic carbocycles. The molecule has 1 heterocycles. The minimum atomic E-state index is -3.83. The van der Waals surface area contributed by atoms with Crippen LogP contribution in [0.1, 0.15) is 19.4 Å². The van der Waals surface area contributed by atoms with Crippen LogP contribution in [-0.4, -0.2) is 40.5 Å². The van der Waals surface area contributed by atoms with Crippen LogP contribution in [0.15, 0.2) is 29.2 Å². The number of rotatable bonds is 3. The molecule has 1 aromatic rings. The van der Waals surface area contributed by atoms with Gasteiger partial charge in [0.1, 0.15) is 0 Å². The first-order valence-corrected chi connectivity index (χ1v) is 8.61. The fourth-order valence-electron chi connectivity index (χ4n) is 2.18. The summed E-state index contributed by atoms with van der Waals surface area (Å²) < 4.78 is 26.6. The van der Waals surface area contributed by atoms with Gasteiger partial charge in [-0.05, 0) is 32.9 Å². The second-order valence-corrected chi connectivity index (χ2v) is 8.31. The van der Waals surface area contributed by atoms with Crippen molar-refractivity contribution in [3.05, 3.63) is 29.8 Å². The topological polar surface area (TPSA) is 74.7 Å². The quantitative estimate of drug-likeness (QED) is 0.922. The Balaban J connectivity index is 2.50. The fourth-order valence-corrected chi connectivity index (χ4v) is 5.82. The van der Waals surface area contributed by atoms with Gasteiger partial charge in [0.15, 0.2) is 5.37 Å². The summed E-state index contributed by atoms with van der Waals surface area (Å²) in [4.78, 5) is 11.4. The van der Waals surface area contributed by atoms with Crippen molar-refractivity contribution in [2.24, 2.45) is 0 Å². The lowest BCUT2D eigenvalue weighted by atomic mass is 10.1. The molecule has 110 valence electrons. The highest BCUT2D eigenvalue weighted by Crippen LogP contribution is 2.40.